The molecule has 0 bridgehead atoms. The van der Waals surface area contributed by atoms with Gasteiger partial charge in [-0.25, -0.2) is 0 Å². The van der Waals surface area contributed by atoms with Crippen LogP contribution in [0.5, 0.6) is 0 Å². The summed E-state index contributed by atoms with van der Waals surface area (Å²) in [7, 11) is 0. The Bertz CT molecular complexity index is 576. The van der Waals surface area contributed by atoms with Gasteiger partial charge in [0.15, 0.2) is 0 Å². The molecule has 0 unspecified atom stereocenters. The Morgan fingerprint density at radius 1 is 1.35 bits per heavy atom. The second-order valence-electron chi connectivity index (χ2n) is 4.29. The van der Waals surface area contributed by atoms with E-state index in [-0.39, 0.29) is 6.42 Å². The third-order valence-corrected chi connectivity index (χ3v) is 2.86. The summed E-state index contributed by atoms with van der Waals surface area (Å²) in [6.45, 7) is 3.96. The molecule has 1 aromatic carbocycles. The lowest BCUT2D eigenvalue weighted by molar-refractivity contribution is -0.136. The number of benzene rings is 1. The molecule has 2 aromatic rings. The predicted octanol–water partition coefficient (Wildman–Crippen LogP) is 2.87. The molecule has 17 heavy (non-hydrogen) atoms. The zero-order valence-corrected chi connectivity index (χ0v) is 10.0. The number of nitrogens with zero attached hydrogens (tertiary/aromatic N) is 1. The minimum atomic E-state index is -0.764. The van der Waals surface area contributed by atoms with E-state index in [0.717, 1.165) is 27.7 Å². The van der Waals surface area contributed by atoms with E-state index < -0.39 is 5.97 Å². The fourth-order valence-corrected chi connectivity index (χ4v) is 2.05. The largest absolute Gasteiger partial charge is 0.481 e. The zero-order valence-electron chi connectivity index (χ0n) is 10.0. The number of hydrogen-bond donors (Lipinski definition) is 1. The van der Waals surface area contributed by atoms with Crippen molar-refractivity contribution in [3.8, 4) is 0 Å². The molecule has 0 atom stereocenters. The minimum Gasteiger partial charge on any atom is -0.481 e. The van der Waals surface area contributed by atoms with Gasteiger partial charge in [0, 0.05) is 17.5 Å². The maximum absolute atomic E-state index is 10.6. The maximum atomic E-state index is 10.6. The fourth-order valence-electron chi connectivity index (χ4n) is 2.05. The summed E-state index contributed by atoms with van der Waals surface area (Å²) < 4.78 is 0. The van der Waals surface area contributed by atoms with E-state index in [4.69, 9.17) is 5.11 Å². The van der Waals surface area contributed by atoms with E-state index in [1.807, 2.05) is 38.1 Å². The summed E-state index contributed by atoms with van der Waals surface area (Å²) in [5.74, 6) is -0.764. The monoisotopic (exact) mass is 229 g/mol. The molecule has 0 saturated heterocycles. The summed E-state index contributed by atoms with van der Waals surface area (Å²) in [4.78, 5) is 15.2. The molecule has 0 aliphatic carbocycles. The van der Waals surface area contributed by atoms with E-state index in [2.05, 4.69) is 4.98 Å². The molecular weight excluding hydrogens is 214 g/mol. The van der Waals surface area contributed by atoms with Crippen LogP contribution in [0, 0.1) is 13.8 Å². The standard InChI is InChI=1S/C14H15NO2/c1-9-4-3-5-12-11(6-7-13(16)17)8-10(2)15-14(9)12/h3-5,8H,6-7H2,1-2H3,(H,16,17). The molecule has 0 radical (unpaired) electrons. The van der Waals surface area contributed by atoms with Crippen molar-refractivity contribution in [2.75, 3.05) is 0 Å². The first kappa shape index (κ1) is 11.6. The number of aromatic nitrogens is 1. The highest BCUT2D eigenvalue weighted by Gasteiger charge is 2.07. The van der Waals surface area contributed by atoms with Crippen LogP contribution in [0.25, 0.3) is 10.9 Å². The van der Waals surface area contributed by atoms with Crippen LogP contribution in [0.3, 0.4) is 0 Å². The van der Waals surface area contributed by atoms with Gasteiger partial charge in [0.2, 0.25) is 0 Å². The SMILES string of the molecule is Cc1cc(CCC(=O)O)c2cccc(C)c2n1. The molecule has 1 N–H and O–H groups in total. The van der Waals surface area contributed by atoms with Crippen molar-refractivity contribution >= 4 is 16.9 Å². The average molecular weight is 229 g/mol. The number of para-hydroxylation sites is 1. The number of rotatable bonds is 3. The van der Waals surface area contributed by atoms with Gasteiger partial charge in [0.25, 0.3) is 0 Å². The predicted molar refractivity (Wildman–Crippen MR) is 67.2 cm³/mol. The van der Waals surface area contributed by atoms with E-state index >= 15 is 0 Å². The highest BCUT2D eigenvalue weighted by atomic mass is 16.4. The number of hydrogen-bond acceptors (Lipinski definition) is 2. The second-order valence-corrected chi connectivity index (χ2v) is 4.29. The van der Waals surface area contributed by atoms with Crippen molar-refractivity contribution in [2.24, 2.45) is 0 Å². The Hall–Kier alpha value is -1.90. The quantitative estimate of drug-likeness (QED) is 0.880. The van der Waals surface area contributed by atoms with Gasteiger partial charge >= 0.3 is 5.97 Å². The van der Waals surface area contributed by atoms with Crippen LogP contribution >= 0.6 is 0 Å². The molecule has 0 aliphatic rings. The third-order valence-electron chi connectivity index (χ3n) is 2.86. The number of aliphatic carboxylic acids is 1. The van der Waals surface area contributed by atoms with E-state index in [0.29, 0.717) is 6.42 Å². The first-order chi connectivity index (χ1) is 8.08. The summed E-state index contributed by atoms with van der Waals surface area (Å²) in [5.41, 5.74) is 4.11. The number of carbonyl (C=O) groups is 1. The third kappa shape index (κ3) is 2.44. The lowest BCUT2D eigenvalue weighted by Crippen LogP contribution is -2.00. The van der Waals surface area contributed by atoms with Crippen LogP contribution in [-0.2, 0) is 11.2 Å². The van der Waals surface area contributed by atoms with Gasteiger partial charge in [-0.1, -0.05) is 18.2 Å². The van der Waals surface area contributed by atoms with Crippen molar-refractivity contribution in [1.29, 1.82) is 0 Å². The maximum Gasteiger partial charge on any atom is 0.303 e. The Morgan fingerprint density at radius 3 is 2.82 bits per heavy atom. The second kappa shape index (κ2) is 4.53. The molecule has 0 aliphatic heterocycles. The highest BCUT2D eigenvalue weighted by molar-refractivity contribution is 5.85. The summed E-state index contributed by atoms with van der Waals surface area (Å²) in [5, 5.41) is 9.82. The number of aryl methyl sites for hydroxylation is 3. The van der Waals surface area contributed by atoms with E-state index in [1.54, 1.807) is 0 Å². The highest BCUT2D eigenvalue weighted by Crippen LogP contribution is 2.22. The number of pyridine rings is 1. The van der Waals surface area contributed by atoms with Crippen LogP contribution in [0.2, 0.25) is 0 Å². The first-order valence-corrected chi connectivity index (χ1v) is 5.65. The van der Waals surface area contributed by atoms with Gasteiger partial charge in [0.05, 0.1) is 5.52 Å². The molecule has 1 heterocycles. The smallest absolute Gasteiger partial charge is 0.303 e. The molecule has 0 amide bonds. The molecule has 88 valence electrons. The molecule has 3 heteroatoms. The lowest BCUT2D eigenvalue weighted by Gasteiger charge is -2.08. The van der Waals surface area contributed by atoms with Crippen molar-refractivity contribution in [3.05, 3.63) is 41.1 Å². The van der Waals surface area contributed by atoms with Crippen molar-refractivity contribution in [3.63, 3.8) is 0 Å². The van der Waals surface area contributed by atoms with E-state index in [9.17, 15) is 4.79 Å². The zero-order chi connectivity index (χ0) is 12.4. The van der Waals surface area contributed by atoms with Gasteiger partial charge in [-0.15, -0.1) is 0 Å². The van der Waals surface area contributed by atoms with Gasteiger partial charge in [0.1, 0.15) is 0 Å². The number of carboxylic acid groups (broad SMARTS) is 1. The Morgan fingerprint density at radius 2 is 2.12 bits per heavy atom. The summed E-state index contributed by atoms with van der Waals surface area (Å²) >= 11 is 0. The van der Waals surface area contributed by atoms with Crippen LogP contribution in [0.15, 0.2) is 24.3 Å². The fraction of sp³-hybridized carbons (Fsp3) is 0.286. The Balaban J connectivity index is 2.54. The summed E-state index contributed by atoms with van der Waals surface area (Å²) in [6.07, 6.45) is 0.713. The number of carboxylic acids is 1. The molecule has 1 aromatic heterocycles. The van der Waals surface area contributed by atoms with Crippen LogP contribution in [0.4, 0.5) is 0 Å². The van der Waals surface area contributed by atoms with Crippen LogP contribution in [-0.4, -0.2) is 16.1 Å². The molecule has 2 rings (SSSR count). The van der Waals surface area contributed by atoms with Gasteiger partial charge < -0.3 is 5.11 Å². The molecule has 3 nitrogen and oxygen atoms in total. The van der Waals surface area contributed by atoms with Gasteiger partial charge in [-0.3, -0.25) is 9.78 Å². The molecular formula is C14H15NO2. The normalized spacial score (nSPS) is 10.7. The Kier molecular flexibility index (Phi) is 3.09. The average Bonchev–Trinajstić information content (AvgIpc) is 2.27. The molecule has 0 fully saturated rings. The van der Waals surface area contributed by atoms with Crippen molar-refractivity contribution in [1.82, 2.24) is 4.98 Å². The van der Waals surface area contributed by atoms with Crippen molar-refractivity contribution in [2.45, 2.75) is 26.7 Å². The van der Waals surface area contributed by atoms with Gasteiger partial charge in [-0.2, -0.15) is 0 Å². The molecule has 0 spiro atoms. The minimum absolute atomic E-state index is 0.159. The lowest BCUT2D eigenvalue weighted by atomic mass is 10.0. The van der Waals surface area contributed by atoms with Crippen LogP contribution in [0.1, 0.15) is 23.2 Å². The van der Waals surface area contributed by atoms with E-state index in [1.165, 1.54) is 0 Å². The first-order valence-electron chi connectivity index (χ1n) is 5.65. The molecule has 0 saturated carbocycles. The number of fused-ring (bicyclic) bond motifs is 1. The van der Waals surface area contributed by atoms with Gasteiger partial charge in [-0.05, 0) is 37.5 Å². The Labute approximate surface area is 100 Å². The van der Waals surface area contributed by atoms with Crippen molar-refractivity contribution < 1.29 is 9.90 Å². The summed E-state index contributed by atoms with van der Waals surface area (Å²) in [6, 6.07) is 7.99. The van der Waals surface area contributed by atoms with Crippen LogP contribution < -0.4 is 0 Å². The topological polar surface area (TPSA) is 50.2 Å².